The van der Waals surface area contributed by atoms with Crippen LogP contribution in [0.2, 0.25) is 0 Å². The monoisotopic (exact) mass is 504 g/mol. The van der Waals surface area contributed by atoms with E-state index in [0.717, 1.165) is 44.9 Å². The molecule has 36 heavy (non-hydrogen) atoms. The van der Waals surface area contributed by atoms with E-state index < -0.39 is 24.0 Å². The average molecular weight is 505 g/mol. The summed E-state index contributed by atoms with van der Waals surface area (Å²) >= 11 is 1.63. The van der Waals surface area contributed by atoms with Crippen LogP contribution in [0.3, 0.4) is 0 Å². The van der Waals surface area contributed by atoms with Gasteiger partial charge in [-0.05, 0) is 41.0 Å². The lowest BCUT2D eigenvalue weighted by atomic mass is 10.0. The summed E-state index contributed by atoms with van der Waals surface area (Å²) in [5.74, 6) is -0.310. The van der Waals surface area contributed by atoms with Crippen LogP contribution in [-0.4, -0.2) is 52.3 Å². The predicted molar refractivity (Wildman–Crippen MR) is 138 cm³/mol. The highest BCUT2D eigenvalue weighted by atomic mass is 32.1. The first-order valence-corrected chi connectivity index (χ1v) is 13.5. The van der Waals surface area contributed by atoms with Crippen molar-refractivity contribution in [1.82, 2.24) is 9.56 Å². The number of fused-ring (bicyclic) bond motifs is 4. The van der Waals surface area contributed by atoms with Crippen molar-refractivity contribution >= 4 is 39.2 Å². The SMILES string of the molecule is CC1(C)C2CN(c3ccc4nc5ccc(=[N+]6CC7C(C6C(=O)O)C7(C)C)cc-5sc4c3)C(C(=O)O)C21. The number of anilines is 1. The molecule has 0 radical (unpaired) electrons. The Morgan fingerprint density at radius 3 is 2.47 bits per heavy atom. The van der Waals surface area contributed by atoms with Gasteiger partial charge in [-0.1, -0.05) is 27.7 Å². The molecule has 0 bridgehead atoms. The fourth-order valence-corrected chi connectivity index (χ4v) is 8.66. The van der Waals surface area contributed by atoms with E-state index >= 15 is 0 Å². The zero-order valence-corrected chi connectivity index (χ0v) is 21.6. The van der Waals surface area contributed by atoms with Gasteiger partial charge in [0.2, 0.25) is 5.36 Å². The van der Waals surface area contributed by atoms with Crippen molar-refractivity contribution in [3.63, 3.8) is 0 Å². The lowest BCUT2D eigenvalue weighted by Crippen LogP contribution is -2.44. The molecule has 4 fully saturated rings. The first kappa shape index (κ1) is 22.2. The summed E-state index contributed by atoms with van der Waals surface area (Å²) in [5.41, 5.74) is 2.87. The Balaban J connectivity index is 1.30. The Morgan fingerprint density at radius 1 is 1.00 bits per heavy atom. The molecule has 2 saturated heterocycles. The van der Waals surface area contributed by atoms with Gasteiger partial charge in [0, 0.05) is 42.1 Å². The van der Waals surface area contributed by atoms with Crippen LogP contribution in [-0.2, 0) is 9.59 Å². The quantitative estimate of drug-likeness (QED) is 0.419. The van der Waals surface area contributed by atoms with E-state index in [0.29, 0.717) is 11.8 Å². The van der Waals surface area contributed by atoms with Crippen LogP contribution in [0.15, 0.2) is 36.4 Å². The van der Waals surface area contributed by atoms with Crippen molar-refractivity contribution in [1.29, 1.82) is 0 Å². The van der Waals surface area contributed by atoms with E-state index in [1.807, 2.05) is 33.7 Å². The lowest BCUT2D eigenvalue weighted by Gasteiger charge is -2.30. The van der Waals surface area contributed by atoms with Crippen LogP contribution in [0, 0.1) is 34.5 Å². The van der Waals surface area contributed by atoms with Gasteiger partial charge in [0.25, 0.3) is 6.04 Å². The summed E-state index contributed by atoms with van der Waals surface area (Å²) in [6, 6.07) is 11.1. The second-order valence-electron chi connectivity index (χ2n) is 12.3. The molecular formula is C28H30N3O4S+. The maximum absolute atomic E-state index is 12.2. The van der Waals surface area contributed by atoms with Gasteiger partial charge in [0.1, 0.15) is 12.6 Å². The van der Waals surface area contributed by atoms with Gasteiger partial charge in [0.05, 0.1) is 20.8 Å². The molecule has 3 aliphatic carbocycles. The highest BCUT2D eigenvalue weighted by molar-refractivity contribution is 7.21. The molecule has 3 heterocycles. The zero-order chi connectivity index (χ0) is 25.3. The molecule has 1 aromatic carbocycles. The molecule has 3 aliphatic heterocycles. The molecule has 2 N–H and O–H groups in total. The van der Waals surface area contributed by atoms with Gasteiger partial charge in [-0.2, -0.15) is 0 Å². The van der Waals surface area contributed by atoms with Gasteiger partial charge >= 0.3 is 11.9 Å². The maximum Gasteiger partial charge on any atom is 0.373 e. The number of carboxylic acids is 2. The molecular weight excluding hydrogens is 474 g/mol. The first-order valence-electron chi connectivity index (χ1n) is 12.7. The van der Waals surface area contributed by atoms with Crippen LogP contribution < -0.4 is 14.8 Å². The fourth-order valence-electron chi connectivity index (χ4n) is 7.63. The molecule has 7 rings (SSSR count). The number of rotatable bonds is 3. The number of carboxylic acid groups (broad SMARTS) is 2. The van der Waals surface area contributed by atoms with E-state index in [-0.39, 0.29) is 22.7 Å². The Labute approximate surface area is 213 Å². The van der Waals surface area contributed by atoms with E-state index in [9.17, 15) is 19.8 Å². The number of benzene rings is 2. The normalized spacial score (nSPS) is 34.5. The zero-order valence-electron chi connectivity index (χ0n) is 20.8. The largest absolute Gasteiger partial charge is 0.480 e. The molecule has 0 amide bonds. The van der Waals surface area contributed by atoms with E-state index in [2.05, 4.69) is 39.8 Å². The van der Waals surface area contributed by atoms with Gasteiger partial charge < -0.3 is 15.1 Å². The number of piperidine rings is 2. The van der Waals surface area contributed by atoms with Crippen LogP contribution in [0.1, 0.15) is 27.7 Å². The number of aliphatic carboxylic acids is 2. The van der Waals surface area contributed by atoms with Crippen molar-refractivity contribution in [3.8, 4) is 10.6 Å². The maximum atomic E-state index is 12.2. The van der Waals surface area contributed by atoms with Crippen LogP contribution in [0.5, 0.6) is 0 Å². The molecule has 6 aliphatic rings. The topological polar surface area (TPSA) is 93.7 Å². The average Bonchev–Trinajstić information content (AvgIpc) is 3.34. The Hall–Kier alpha value is -3.00. The van der Waals surface area contributed by atoms with E-state index in [1.165, 1.54) is 0 Å². The third-order valence-electron chi connectivity index (χ3n) is 9.93. The minimum atomic E-state index is -0.752. The highest BCUT2D eigenvalue weighted by Crippen LogP contribution is 2.65. The second kappa shape index (κ2) is 6.85. The smallest absolute Gasteiger partial charge is 0.373 e. The van der Waals surface area contributed by atoms with E-state index in [1.54, 1.807) is 11.3 Å². The van der Waals surface area contributed by atoms with Crippen LogP contribution in [0.4, 0.5) is 5.69 Å². The lowest BCUT2D eigenvalue weighted by molar-refractivity contribution is -0.141. The predicted octanol–water partition coefficient (Wildman–Crippen LogP) is 3.46. The summed E-state index contributed by atoms with van der Waals surface area (Å²) < 4.78 is 3.05. The molecule has 1 aromatic rings. The summed E-state index contributed by atoms with van der Waals surface area (Å²) in [6.45, 7) is 10.2. The van der Waals surface area contributed by atoms with Gasteiger partial charge in [-0.3, -0.25) is 0 Å². The Bertz CT molecular complexity index is 1520. The van der Waals surface area contributed by atoms with Crippen LogP contribution >= 0.6 is 11.3 Å². The fraction of sp³-hybridized carbons (Fsp3) is 0.500. The van der Waals surface area contributed by atoms with Crippen molar-refractivity contribution in [2.45, 2.75) is 39.8 Å². The Kier molecular flexibility index (Phi) is 4.23. The first-order chi connectivity index (χ1) is 17.0. The third kappa shape index (κ3) is 2.85. The number of hydrogen-bond acceptors (Lipinski definition) is 5. The minimum Gasteiger partial charge on any atom is -0.480 e. The van der Waals surface area contributed by atoms with E-state index in [4.69, 9.17) is 4.98 Å². The number of aromatic nitrogens is 1. The van der Waals surface area contributed by atoms with Crippen molar-refractivity contribution < 1.29 is 19.8 Å². The molecule has 8 heteroatoms. The summed E-state index contributed by atoms with van der Waals surface area (Å²) in [7, 11) is 0. The molecule has 2 saturated carbocycles. The van der Waals surface area contributed by atoms with Gasteiger partial charge in [-0.25, -0.2) is 19.1 Å². The van der Waals surface area contributed by atoms with Crippen molar-refractivity contribution in [3.05, 3.63) is 41.8 Å². The number of hydrogen-bond donors (Lipinski definition) is 2. The molecule has 6 atom stereocenters. The second-order valence-corrected chi connectivity index (χ2v) is 13.4. The minimum absolute atomic E-state index is 0.0897. The third-order valence-corrected chi connectivity index (χ3v) is 11.0. The number of nitrogens with zero attached hydrogens (tertiary/aromatic N) is 3. The summed E-state index contributed by atoms with van der Waals surface area (Å²) in [5, 5.41) is 20.9. The molecule has 0 aromatic heterocycles. The number of carbonyl (C=O) groups is 2. The summed E-state index contributed by atoms with van der Waals surface area (Å²) in [4.78, 5) is 32.2. The molecule has 7 nitrogen and oxygen atoms in total. The van der Waals surface area contributed by atoms with Crippen LogP contribution in [0.25, 0.3) is 20.8 Å². The molecule has 186 valence electrons. The molecule has 0 spiro atoms. The summed E-state index contributed by atoms with van der Waals surface area (Å²) in [6.07, 6.45) is 0. The van der Waals surface area contributed by atoms with Gasteiger partial charge in [-0.15, -0.1) is 11.3 Å². The highest BCUT2D eigenvalue weighted by Gasteiger charge is 2.73. The van der Waals surface area contributed by atoms with Gasteiger partial charge in [0.15, 0.2) is 0 Å². The Morgan fingerprint density at radius 2 is 1.75 bits per heavy atom. The van der Waals surface area contributed by atoms with Crippen molar-refractivity contribution in [2.24, 2.45) is 34.5 Å². The molecule has 6 unspecified atom stereocenters. The standard InChI is InChI=1S/C28H29N3O4S/c1-27(2)15-11-30(23(21(15)27)25(32)33)13-5-7-17-19(9-13)36-20-10-14(6-8-18(20)29-17)31-12-16-22(28(16,3)4)24(31)26(34)35/h5-10,15-16,21-24H,11-12H2,1-4H3,(H-,32,33,34,35)/p+1. The van der Waals surface area contributed by atoms with Crippen molar-refractivity contribution in [2.75, 3.05) is 18.0 Å².